The summed E-state index contributed by atoms with van der Waals surface area (Å²) in [5, 5.41) is 7.42. The molecule has 10 rings (SSSR count). The first-order valence-electron chi connectivity index (χ1n) is 15.7. The van der Waals surface area contributed by atoms with Gasteiger partial charge in [-0.15, -0.1) is 0 Å². The van der Waals surface area contributed by atoms with Crippen molar-refractivity contribution >= 4 is 97.3 Å². The van der Waals surface area contributed by atoms with Crippen LogP contribution in [-0.4, -0.2) is 13.7 Å². The minimum Gasteiger partial charge on any atom is -0.309 e. The van der Waals surface area contributed by atoms with E-state index in [2.05, 4.69) is 197 Å². The Kier molecular flexibility index (Phi) is 5.87. The number of hydrogen-bond donors (Lipinski definition) is 0. The van der Waals surface area contributed by atoms with Gasteiger partial charge in [-0.1, -0.05) is 84.9 Å². The lowest BCUT2D eigenvalue weighted by Crippen LogP contribution is -1.98. The topological polar surface area (TPSA) is 14.8 Å². The van der Waals surface area contributed by atoms with Gasteiger partial charge in [0.25, 0.3) is 0 Å². The summed E-state index contributed by atoms with van der Waals surface area (Å²) in [5.41, 5.74) is 10.5. The van der Waals surface area contributed by atoms with Crippen LogP contribution < -0.4 is 0 Å². The summed E-state index contributed by atoms with van der Waals surface area (Å²) in [5.74, 6) is 0. The molecule has 0 aliphatic carbocycles. The highest BCUT2D eigenvalue weighted by Crippen LogP contribution is 2.42. The predicted octanol–water partition coefficient (Wildman–Crippen LogP) is 12.5. The Labute approximate surface area is 287 Å². The van der Waals surface area contributed by atoms with Crippen molar-refractivity contribution in [2.75, 3.05) is 0 Å². The highest BCUT2D eigenvalue weighted by atomic mass is 79.9. The molecule has 0 N–H and O–H groups in total. The third kappa shape index (κ3) is 3.84. The molecule has 0 spiro atoms. The molecule has 3 heterocycles. The lowest BCUT2D eigenvalue weighted by atomic mass is 10.1. The first kappa shape index (κ1) is 27.1. The van der Waals surface area contributed by atoms with Gasteiger partial charge in [0.05, 0.1) is 38.8 Å². The number of nitrogens with zero attached hydrogens (tertiary/aromatic N) is 3. The van der Waals surface area contributed by atoms with Gasteiger partial charge in [-0.25, -0.2) is 0 Å². The van der Waals surface area contributed by atoms with E-state index in [0.29, 0.717) is 0 Å². The van der Waals surface area contributed by atoms with Gasteiger partial charge in [0.15, 0.2) is 0 Å². The van der Waals surface area contributed by atoms with Crippen LogP contribution in [0, 0.1) is 0 Å². The van der Waals surface area contributed by atoms with E-state index in [1.165, 1.54) is 59.9 Å². The SMILES string of the molecule is Brc1ccccc1-n1c2ccccc2c2cc(-n3c4ccccc4c4cc(-n5c6ccccc6c6ccccc65)ccc43)cc(Br)c21. The summed E-state index contributed by atoms with van der Waals surface area (Å²) < 4.78 is 9.27. The average Bonchev–Trinajstić information content (AvgIpc) is 3.74. The van der Waals surface area contributed by atoms with E-state index < -0.39 is 0 Å². The minimum absolute atomic E-state index is 1.05. The Bertz CT molecular complexity index is 2830. The van der Waals surface area contributed by atoms with Gasteiger partial charge in [-0.2, -0.15) is 0 Å². The summed E-state index contributed by atoms with van der Waals surface area (Å²) in [4.78, 5) is 0. The van der Waals surface area contributed by atoms with E-state index in [0.717, 1.165) is 31.5 Å². The molecule has 0 saturated carbocycles. The van der Waals surface area contributed by atoms with Crippen molar-refractivity contribution in [1.82, 2.24) is 13.7 Å². The normalized spacial score (nSPS) is 12.0. The van der Waals surface area contributed by atoms with E-state index in [1.807, 2.05) is 0 Å². The average molecular weight is 731 g/mol. The molecule has 0 fully saturated rings. The molecule has 222 valence electrons. The molecule has 3 aromatic heterocycles. The van der Waals surface area contributed by atoms with Crippen LogP contribution in [0.25, 0.3) is 82.5 Å². The maximum atomic E-state index is 4.04. The number of hydrogen-bond acceptors (Lipinski definition) is 0. The van der Waals surface area contributed by atoms with Crippen LogP contribution in [-0.2, 0) is 0 Å². The van der Waals surface area contributed by atoms with Crippen LogP contribution in [0.2, 0.25) is 0 Å². The zero-order valence-corrected chi connectivity index (χ0v) is 28.2. The van der Waals surface area contributed by atoms with Crippen LogP contribution in [0.5, 0.6) is 0 Å². The maximum Gasteiger partial charge on any atom is 0.0685 e. The minimum atomic E-state index is 1.05. The van der Waals surface area contributed by atoms with Gasteiger partial charge < -0.3 is 13.7 Å². The van der Waals surface area contributed by atoms with Crippen molar-refractivity contribution in [1.29, 1.82) is 0 Å². The first-order valence-corrected chi connectivity index (χ1v) is 17.3. The molecule has 0 radical (unpaired) electrons. The zero-order valence-electron chi connectivity index (χ0n) is 25.0. The van der Waals surface area contributed by atoms with Crippen LogP contribution in [0.1, 0.15) is 0 Å². The second-order valence-corrected chi connectivity index (χ2v) is 13.8. The van der Waals surface area contributed by atoms with E-state index >= 15 is 0 Å². The number of para-hydroxylation sites is 5. The molecule has 0 bridgehead atoms. The van der Waals surface area contributed by atoms with Crippen molar-refractivity contribution in [3.05, 3.63) is 161 Å². The number of benzene rings is 7. The van der Waals surface area contributed by atoms with Crippen molar-refractivity contribution in [2.45, 2.75) is 0 Å². The third-order valence-corrected chi connectivity index (χ3v) is 10.8. The van der Waals surface area contributed by atoms with Gasteiger partial charge >= 0.3 is 0 Å². The molecule has 0 unspecified atom stereocenters. The molecule has 0 amide bonds. The Hall–Kier alpha value is -5.10. The molecular weight excluding hydrogens is 706 g/mol. The highest BCUT2D eigenvalue weighted by Gasteiger charge is 2.20. The summed E-state index contributed by atoms with van der Waals surface area (Å²) in [6.45, 7) is 0. The summed E-state index contributed by atoms with van der Waals surface area (Å²) in [7, 11) is 0. The van der Waals surface area contributed by atoms with Crippen molar-refractivity contribution in [3.63, 3.8) is 0 Å². The van der Waals surface area contributed by atoms with Gasteiger partial charge in [0.1, 0.15) is 0 Å². The van der Waals surface area contributed by atoms with Crippen LogP contribution >= 0.6 is 31.9 Å². The number of fused-ring (bicyclic) bond motifs is 9. The molecule has 5 heteroatoms. The van der Waals surface area contributed by atoms with E-state index in [4.69, 9.17) is 0 Å². The maximum absolute atomic E-state index is 4.04. The molecule has 0 saturated heterocycles. The van der Waals surface area contributed by atoms with Crippen molar-refractivity contribution < 1.29 is 0 Å². The molecule has 0 atom stereocenters. The van der Waals surface area contributed by atoms with Crippen LogP contribution in [0.3, 0.4) is 0 Å². The quantitative estimate of drug-likeness (QED) is 0.172. The van der Waals surface area contributed by atoms with E-state index in [1.54, 1.807) is 0 Å². The van der Waals surface area contributed by atoms with Gasteiger partial charge in [-0.05, 0) is 98.6 Å². The second-order valence-electron chi connectivity index (χ2n) is 12.1. The Morgan fingerprint density at radius 2 is 0.766 bits per heavy atom. The molecule has 0 aliphatic rings. The summed E-state index contributed by atoms with van der Waals surface area (Å²) >= 11 is 7.86. The molecular formula is C42H25Br2N3. The smallest absolute Gasteiger partial charge is 0.0685 e. The number of aromatic nitrogens is 3. The van der Waals surface area contributed by atoms with E-state index in [-0.39, 0.29) is 0 Å². The Morgan fingerprint density at radius 1 is 0.319 bits per heavy atom. The first-order chi connectivity index (χ1) is 23.2. The van der Waals surface area contributed by atoms with Crippen LogP contribution in [0.15, 0.2) is 161 Å². The largest absolute Gasteiger partial charge is 0.309 e. The molecule has 3 nitrogen and oxygen atoms in total. The van der Waals surface area contributed by atoms with Crippen molar-refractivity contribution in [3.8, 4) is 17.1 Å². The van der Waals surface area contributed by atoms with E-state index in [9.17, 15) is 0 Å². The summed E-state index contributed by atoms with van der Waals surface area (Å²) in [6.07, 6.45) is 0. The summed E-state index contributed by atoms with van der Waals surface area (Å²) in [6, 6.07) is 54.8. The highest BCUT2D eigenvalue weighted by molar-refractivity contribution is 9.11. The van der Waals surface area contributed by atoms with Gasteiger partial charge in [-0.3, -0.25) is 0 Å². The molecule has 7 aromatic carbocycles. The zero-order chi connectivity index (χ0) is 31.2. The van der Waals surface area contributed by atoms with Crippen molar-refractivity contribution in [2.24, 2.45) is 0 Å². The lowest BCUT2D eigenvalue weighted by Gasteiger charge is -2.13. The Morgan fingerprint density at radius 3 is 1.38 bits per heavy atom. The monoisotopic (exact) mass is 729 g/mol. The lowest BCUT2D eigenvalue weighted by molar-refractivity contribution is 1.15. The number of rotatable bonds is 3. The van der Waals surface area contributed by atoms with Gasteiger partial charge in [0.2, 0.25) is 0 Å². The predicted molar refractivity (Wildman–Crippen MR) is 205 cm³/mol. The molecule has 0 aliphatic heterocycles. The number of halogens is 2. The third-order valence-electron chi connectivity index (χ3n) is 9.55. The molecule has 47 heavy (non-hydrogen) atoms. The standard InChI is InChI=1S/C42H25Br2N3/c43-34-15-5-10-20-41(34)47-39-19-9-4-14-31(39)33-24-27(25-35(44)42(33)47)46-38-18-8-3-13-30(38)32-23-26(21-22-40(32)46)45-36-16-6-1-11-28(36)29-12-2-7-17-37(29)45/h1-25H. The van der Waals surface area contributed by atoms with Gasteiger partial charge in [0, 0.05) is 52.6 Å². The fraction of sp³-hybridized carbons (Fsp3) is 0. The van der Waals surface area contributed by atoms with Crippen LogP contribution in [0.4, 0.5) is 0 Å². The Balaban J connectivity index is 1.26. The second kappa shape index (κ2) is 10.2. The fourth-order valence-corrected chi connectivity index (χ4v) is 8.71. The fourth-order valence-electron chi connectivity index (χ4n) is 7.63. The molecule has 10 aromatic rings.